The molecule has 0 aliphatic carbocycles. The molecule has 2 rings (SSSR count). The fourth-order valence-electron chi connectivity index (χ4n) is 2.75. The van der Waals surface area contributed by atoms with Crippen LogP contribution in [0.2, 0.25) is 0 Å². The van der Waals surface area contributed by atoms with Crippen LogP contribution in [0, 0.1) is 12.3 Å². The number of aliphatic hydroxyl groups is 2. The summed E-state index contributed by atoms with van der Waals surface area (Å²) in [6.07, 6.45) is 0.316. The van der Waals surface area contributed by atoms with Gasteiger partial charge in [0, 0.05) is 5.56 Å². The Bertz CT molecular complexity index is 551. The quantitative estimate of drug-likeness (QED) is 0.877. The topological polar surface area (TPSA) is 66.8 Å². The Kier molecular flexibility index (Phi) is 4.13. The third kappa shape index (κ3) is 2.70. The van der Waals surface area contributed by atoms with Gasteiger partial charge in [0.1, 0.15) is 5.75 Å². The predicted molar refractivity (Wildman–Crippen MR) is 80.9 cm³/mol. The monoisotopic (exact) mass is 292 g/mol. The Balaban J connectivity index is 2.68. The minimum atomic E-state index is -1.14. The molecule has 0 fully saturated rings. The minimum Gasteiger partial charge on any atom is -0.492 e. The number of hydrogen-bond donors (Lipinski definition) is 2. The van der Waals surface area contributed by atoms with E-state index in [9.17, 15) is 15.0 Å². The highest BCUT2D eigenvalue weighted by atomic mass is 16.5. The molecule has 0 spiro atoms. The molecule has 0 unspecified atom stereocenters. The van der Waals surface area contributed by atoms with Crippen LogP contribution in [0.4, 0.5) is 0 Å². The number of carbonyl (C=O) groups is 1. The largest absolute Gasteiger partial charge is 0.492 e. The van der Waals surface area contributed by atoms with Crippen molar-refractivity contribution in [2.45, 2.75) is 39.5 Å². The number of rotatable bonds is 2. The molecule has 0 radical (unpaired) electrons. The molecule has 1 aliphatic heterocycles. The van der Waals surface area contributed by atoms with Crippen molar-refractivity contribution in [3.63, 3.8) is 0 Å². The van der Waals surface area contributed by atoms with Crippen LogP contribution in [0.15, 0.2) is 12.1 Å². The first-order valence-corrected chi connectivity index (χ1v) is 7.29. The van der Waals surface area contributed by atoms with Crippen LogP contribution in [0.1, 0.15) is 48.7 Å². The number of benzene rings is 1. The van der Waals surface area contributed by atoms with Crippen molar-refractivity contribution < 1.29 is 19.7 Å². The van der Waals surface area contributed by atoms with E-state index in [0.29, 0.717) is 24.3 Å². The van der Waals surface area contributed by atoms with Crippen molar-refractivity contribution in [1.29, 1.82) is 0 Å². The summed E-state index contributed by atoms with van der Waals surface area (Å²) in [7, 11) is 0. The fraction of sp³-hybridized carbons (Fsp3) is 0.588. The number of hydrogen-bond acceptors (Lipinski definition) is 4. The van der Waals surface area contributed by atoms with Crippen LogP contribution in [0.5, 0.6) is 5.75 Å². The second kappa shape index (κ2) is 5.43. The Morgan fingerprint density at radius 1 is 1.24 bits per heavy atom. The lowest BCUT2D eigenvalue weighted by Gasteiger charge is -2.26. The number of fused-ring (bicyclic) bond motifs is 1. The van der Waals surface area contributed by atoms with Gasteiger partial charge in [0.25, 0.3) is 0 Å². The molecular weight excluding hydrogens is 268 g/mol. The average Bonchev–Trinajstić information content (AvgIpc) is 2.55. The van der Waals surface area contributed by atoms with Crippen LogP contribution in [0.3, 0.4) is 0 Å². The maximum absolute atomic E-state index is 12.9. The lowest BCUT2D eigenvalue weighted by molar-refractivity contribution is 0.0345. The summed E-state index contributed by atoms with van der Waals surface area (Å²) in [5, 5.41) is 19.2. The highest BCUT2D eigenvalue weighted by molar-refractivity contribution is 6.04. The van der Waals surface area contributed by atoms with E-state index in [2.05, 4.69) is 20.8 Å². The van der Waals surface area contributed by atoms with Gasteiger partial charge in [-0.25, -0.2) is 0 Å². The molecule has 1 aromatic carbocycles. The van der Waals surface area contributed by atoms with Gasteiger partial charge in [0.05, 0.1) is 30.8 Å². The van der Waals surface area contributed by atoms with E-state index < -0.39 is 5.41 Å². The van der Waals surface area contributed by atoms with E-state index in [0.717, 1.165) is 11.1 Å². The maximum atomic E-state index is 12.9. The summed E-state index contributed by atoms with van der Waals surface area (Å²) in [5.41, 5.74) is 1.14. The molecule has 2 N–H and O–H groups in total. The standard InChI is InChI=1S/C17H24O4/c1-11-7-12-14(13(8-11)16(2,3)4)21-6-5-17(9-18,10-19)15(12)20/h7-8,18-19H,5-6,9-10H2,1-4H3. The lowest BCUT2D eigenvalue weighted by atomic mass is 9.77. The van der Waals surface area contributed by atoms with Gasteiger partial charge in [-0.3, -0.25) is 4.79 Å². The third-order valence-electron chi connectivity index (χ3n) is 4.20. The second-order valence-corrected chi connectivity index (χ2v) is 6.96. The molecule has 4 nitrogen and oxygen atoms in total. The van der Waals surface area contributed by atoms with E-state index in [1.54, 1.807) is 6.07 Å². The molecule has 0 aromatic heterocycles. The molecule has 0 amide bonds. The number of Topliss-reactive ketones (excluding diaryl/α,β-unsaturated/α-hetero) is 1. The molecule has 0 bridgehead atoms. The van der Waals surface area contributed by atoms with Crippen molar-refractivity contribution in [2.75, 3.05) is 19.8 Å². The molecule has 1 aromatic rings. The van der Waals surface area contributed by atoms with Crippen LogP contribution in [-0.4, -0.2) is 35.8 Å². The SMILES string of the molecule is Cc1cc2c(c(C(C)(C)C)c1)OCCC(CO)(CO)C2=O. The Labute approximate surface area is 125 Å². The lowest BCUT2D eigenvalue weighted by Crippen LogP contribution is -2.38. The van der Waals surface area contributed by atoms with E-state index >= 15 is 0 Å². The molecular formula is C17H24O4. The molecule has 116 valence electrons. The van der Waals surface area contributed by atoms with Crippen molar-refractivity contribution in [3.05, 3.63) is 28.8 Å². The molecule has 0 saturated heterocycles. The Morgan fingerprint density at radius 2 is 1.86 bits per heavy atom. The molecule has 0 saturated carbocycles. The highest BCUT2D eigenvalue weighted by Crippen LogP contribution is 2.41. The first kappa shape index (κ1) is 16.0. The summed E-state index contributed by atoms with van der Waals surface area (Å²) in [5.74, 6) is 0.371. The summed E-state index contributed by atoms with van der Waals surface area (Å²) in [6, 6.07) is 3.83. The normalized spacial score (nSPS) is 17.9. The summed E-state index contributed by atoms with van der Waals surface area (Å²) < 4.78 is 5.85. The molecule has 0 atom stereocenters. The van der Waals surface area contributed by atoms with E-state index in [-0.39, 0.29) is 24.4 Å². The number of carbonyl (C=O) groups excluding carboxylic acids is 1. The maximum Gasteiger partial charge on any atom is 0.177 e. The smallest absolute Gasteiger partial charge is 0.177 e. The fourth-order valence-corrected chi connectivity index (χ4v) is 2.75. The minimum absolute atomic E-state index is 0.151. The first-order valence-electron chi connectivity index (χ1n) is 7.29. The summed E-state index contributed by atoms with van der Waals surface area (Å²) in [4.78, 5) is 12.9. The van der Waals surface area contributed by atoms with E-state index in [4.69, 9.17) is 4.74 Å². The Morgan fingerprint density at radius 3 is 2.38 bits per heavy atom. The van der Waals surface area contributed by atoms with Gasteiger partial charge in [-0.1, -0.05) is 26.8 Å². The van der Waals surface area contributed by atoms with Gasteiger partial charge in [-0.05, 0) is 30.4 Å². The average molecular weight is 292 g/mol. The number of aryl methyl sites for hydroxylation is 1. The second-order valence-electron chi connectivity index (χ2n) is 6.96. The molecule has 4 heteroatoms. The van der Waals surface area contributed by atoms with Crippen LogP contribution < -0.4 is 4.74 Å². The van der Waals surface area contributed by atoms with Crippen molar-refractivity contribution in [2.24, 2.45) is 5.41 Å². The zero-order chi connectivity index (χ0) is 15.8. The number of aliphatic hydroxyl groups excluding tert-OH is 2. The number of ketones is 1. The number of ether oxygens (including phenoxy) is 1. The van der Waals surface area contributed by atoms with E-state index in [1.807, 2.05) is 13.0 Å². The molecule has 1 aliphatic rings. The van der Waals surface area contributed by atoms with Gasteiger partial charge >= 0.3 is 0 Å². The highest BCUT2D eigenvalue weighted by Gasteiger charge is 2.42. The zero-order valence-corrected chi connectivity index (χ0v) is 13.2. The van der Waals surface area contributed by atoms with Gasteiger partial charge < -0.3 is 14.9 Å². The predicted octanol–water partition coefficient (Wildman–Crippen LogP) is 2.23. The summed E-state index contributed by atoms with van der Waals surface area (Å²) >= 11 is 0. The zero-order valence-electron chi connectivity index (χ0n) is 13.2. The third-order valence-corrected chi connectivity index (χ3v) is 4.20. The van der Waals surface area contributed by atoms with Gasteiger partial charge in [0.15, 0.2) is 5.78 Å². The van der Waals surface area contributed by atoms with Crippen LogP contribution in [-0.2, 0) is 5.41 Å². The van der Waals surface area contributed by atoms with Crippen molar-refractivity contribution in [1.82, 2.24) is 0 Å². The first-order chi connectivity index (χ1) is 9.75. The van der Waals surface area contributed by atoms with Gasteiger partial charge in [0.2, 0.25) is 0 Å². The van der Waals surface area contributed by atoms with Gasteiger partial charge in [-0.2, -0.15) is 0 Å². The van der Waals surface area contributed by atoms with Crippen LogP contribution in [0.25, 0.3) is 0 Å². The van der Waals surface area contributed by atoms with Gasteiger partial charge in [-0.15, -0.1) is 0 Å². The van der Waals surface area contributed by atoms with E-state index in [1.165, 1.54) is 0 Å². The Hall–Kier alpha value is -1.39. The summed E-state index contributed by atoms with van der Waals surface area (Å²) in [6.45, 7) is 7.73. The van der Waals surface area contributed by atoms with Crippen LogP contribution >= 0.6 is 0 Å². The van der Waals surface area contributed by atoms with Crippen molar-refractivity contribution in [3.8, 4) is 5.75 Å². The molecule has 21 heavy (non-hydrogen) atoms. The molecule has 1 heterocycles. The van der Waals surface area contributed by atoms with Crippen molar-refractivity contribution >= 4 is 5.78 Å².